The lowest BCUT2D eigenvalue weighted by atomic mass is 9.97. The Hall–Kier alpha value is -0.650. The van der Waals surface area contributed by atoms with Crippen molar-refractivity contribution in [2.24, 2.45) is 0 Å². The molecule has 5 heteroatoms. The number of methoxy groups -OCH3 is 1. The van der Waals surface area contributed by atoms with Crippen LogP contribution in [0.1, 0.15) is 32.6 Å². The lowest BCUT2D eigenvalue weighted by molar-refractivity contribution is -0.148. The molecule has 2 fully saturated rings. The van der Waals surface area contributed by atoms with E-state index in [1.54, 1.807) is 0 Å². The molecule has 116 valence electrons. The molecule has 0 aromatic rings. The van der Waals surface area contributed by atoms with E-state index in [1.807, 2.05) is 7.05 Å². The van der Waals surface area contributed by atoms with Crippen molar-refractivity contribution in [3.8, 4) is 0 Å². The summed E-state index contributed by atoms with van der Waals surface area (Å²) in [6.07, 6.45) is 4.02. The highest BCUT2D eigenvalue weighted by atomic mass is 16.5. The molecule has 3 unspecified atom stereocenters. The summed E-state index contributed by atoms with van der Waals surface area (Å²) in [7, 11) is 5.55. The van der Waals surface area contributed by atoms with Crippen molar-refractivity contribution in [3.63, 3.8) is 0 Å². The van der Waals surface area contributed by atoms with Gasteiger partial charge in [-0.25, -0.2) is 0 Å². The SMILES string of the molecule is CNC1(C(=O)OC)CCC(N2CCCN(C)CC2C)C1. The molecule has 0 aromatic heterocycles. The Morgan fingerprint density at radius 3 is 2.80 bits per heavy atom. The number of carbonyl (C=O) groups excluding carboxylic acids is 1. The Bertz CT molecular complexity index is 350. The number of ether oxygens (including phenoxy) is 1. The monoisotopic (exact) mass is 283 g/mol. The summed E-state index contributed by atoms with van der Waals surface area (Å²) < 4.78 is 5.00. The number of esters is 1. The number of likely N-dealkylation sites (N-methyl/N-ethyl adjacent to an activating group) is 2. The number of nitrogens with zero attached hydrogens (tertiary/aromatic N) is 2. The van der Waals surface area contributed by atoms with Crippen LogP contribution in [-0.2, 0) is 9.53 Å². The third kappa shape index (κ3) is 3.00. The molecule has 3 atom stereocenters. The minimum absolute atomic E-state index is 0.109. The Morgan fingerprint density at radius 2 is 2.15 bits per heavy atom. The van der Waals surface area contributed by atoms with Gasteiger partial charge in [0.2, 0.25) is 0 Å². The first kappa shape index (κ1) is 15.7. The van der Waals surface area contributed by atoms with Crippen molar-refractivity contribution < 1.29 is 9.53 Å². The number of carbonyl (C=O) groups is 1. The molecule has 5 nitrogen and oxygen atoms in total. The molecule has 1 saturated heterocycles. The second-order valence-corrected chi connectivity index (χ2v) is 6.42. The zero-order chi connectivity index (χ0) is 14.8. The van der Waals surface area contributed by atoms with Crippen molar-refractivity contribution >= 4 is 5.97 Å². The lowest BCUT2D eigenvalue weighted by Gasteiger charge is -2.34. The highest BCUT2D eigenvalue weighted by molar-refractivity contribution is 5.81. The van der Waals surface area contributed by atoms with Gasteiger partial charge < -0.3 is 15.0 Å². The van der Waals surface area contributed by atoms with E-state index in [-0.39, 0.29) is 5.97 Å². The predicted octanol–water partition coefficient (Wildman–Crippen LogP) is 0.696. The highest BCUT2D eigenvalue weighted by Crippen LogP contribution is 2.35. The third-order valence-electron chi connectivity index (χ3n) is 5.11. The van der Waals surface area contributed by atoms with E-state index in [1.165, 1.54) is 20.1 Å². The van der Waals surface area contributed by atoms with Gasteiger partial charge in [0.1, 0.15) is 5.54 Å². The van der Waals surface area contributed by atoms with Gasteiger partial charge in [0.15, 0.2) is 0 Å². The Kier molecular flexibility index (Phi) is 5.04. The van der Waals surface area contributed by atoms with E-state index in [4.69, 9.17) is 4.74 Å². The molecule has 1 N–H and O–H groups in total. The fourth-order valence-electron chi connectivity index (χ4n) is 3.95. The van der Waals surface area contributed by atoms with Crippen LogP contribution in [0.25, 0.3) is 0 Å². The van der Waals surface area contributed by atoms with Gasteiger partial charge in [-0.3, -0.25) is 9.69 Å². The smallest absolute Gasteiger partial charge is 0.326 e. The molecule has 0 radical (unpaired) electrons. The maximum atomic E-state index is 12.1. The summed E-state index contributed by atoms with van der Waals surface area (Å²) in [5.74, 6) is -0.109. The lowest BCUT2D eigenvalue weighted by Crippen LogP contribution is -2.51. The predicted molar refractivity (Wildman–Crippen MR) is 79.7 cm³/mol. The van der Waals surface area contributed by atoms with Crippen LogP contribution in [0.3, 0.4) is 0 Å². The van der Waals surface area contributed by atoms with Crippen LogP contribution in [0.15, 0.2) is 0 Å². The first-order valence-corrected chi connectivity index (χ1v) is 7.74. The molecule has 0 spiro atoms. The summed E-state index contributed by atoms with van der Waals surface area (Å²) in [5.41, 5.74) is -0.475. The van der Waals surface area contributed by atoms with Crippen molar-refractivity contribution in [1.82, 2.24) is 15.1 Å². The van der Waals surface area contributed by atoms with Crippen LogP contribution in [0.2, 0.25) is 0 Å². The van der Waals surface area contributed by atoms with Gasteiger partial charge in [-0.1, -0.05) is 0 Å². The fourth-order valence-corrected chi connectivity index (χ4v) is 3.95. The maximum Gasteiger partial charge on any atom is 0.326 e. The molecule has 20 heavy (non-hydrogen) atoms. The van der Waals surface area contributed by atoms with Gasteiger partial charge in [-0.05, 0) is 59.8 Å². The molecule has 1 heterocycles. The van der Waals surface area contributed by atoms with Crippen LogP contribution in [0.5, 0.6) is 0 Å². The molecule has 2 aliphatic rings. The first-order chi connectivity index (χ1) is 9.52. The van der Waals surface area contributed by atoms with Gasteiger partial charge in [0.25, 0.3) is 0 Å². The minimum atomic E-state index is -0.475. The average Bonchev–Trinajstić information content (AvgIpc) is 2.80. The number of hydrogen-bond acceptors (Lipinski definition) is 5. The molecular formula is C15H29N3O2. The van der Waals surface area contributed by atoms with Crippen LogP contribution < -0.4 is 5.32 Å². The number of hydrogen-bond donors (Lipinski definition) is 1. The van der Waals surface area contributed by atoms with Crippen molar-refractivity contribution in [3.05, 3.63) is 0 Å². The highest BCUT2D eigenvalue weighted by Gasteiger charge is 2.47. The van der Waals surface area contributed by atoms with Crippen LogP contribution in [0, 0.1) is 0 Å². The molecule has 0 bridgehead atoms. The standard InChI is InChI=1S/C15H29N3O2/c1-12-11-17(3)8-5-9-18(12)13-6-7-15(10-13,16-2)14(19)20-4/h12-13,16H,5-11H2,1-4H3. The van der Waals surface area contributed by atoms with Crippen molar-refractivity contribution in [2.75, 3.05) is 40.8 Å². The summed E-state index contributed by atoms with van der Waals surface area (Å²) in [4.78, 5) is 17.1. The van der Waals surface area contributed by atoms with Crippen molar-refractivity contribution in [1.29, 1.82) is 0 Å². The molecule has 1 aliphatic heterocycles. The molecular weight excluding hydrogens is 254 g/mol. The number of rotatable bonds is 3. The van der Waals surface area contributed by atoms with E-state index in [9.17, 15) is 4.79 Å². The Balaban J connectivity index is 2.05. The normalized spacial score (nSPS) is 36.8. The van der Waals surface area contributed by atoms with E-state index in [0.717, 1.165) is 32.4 Å². The summed E-state index contributed by atoms with van der Waals surface area (Å²) in [5, 5.41) is 3.22. The van der Waals surface area contributed by atoms with Crippen LogP contribution in [-0.4, -0.2) is 74.2 Å². The van der Waals surface area contributed by atoms with E-state index in [0.29, 0.717) is 12.1 Å². The van der Waals surface area contributed by atoms with Gasteiger partial charge in [-0.15, -0.1) is 0 Å². The molecule has 0 amide bonds. The Labute approximate surface area is 122 Å². The van der Waals surface area contributed by atoms with Gasteiger partial charge in [0.05, 0.1) is 7.11 Å². The van der Waals surface area contributed by atoms with E-state index < -0.39 is 5.54 Å². The van der Waals surface area contributed by atoms with E-state index in [2.05, 4.69) is 29.1 Å². The summed E-state index contributed by atoms with van der Waals surface area (Å²) in [6.45, 7) is 5.72. The number of nitrogens with one attached hydrogen (secondary N) is 1. The first-order valence-electron chi connectivity index (χ1n) is 7.74. The summed E-state index contributed by atoms with van der Waals surface area (Å²) >= 11 is 0. The van der Waals surface area contributed by atoms with Crippen molar-refractivity contribution in [2.45, 2.75) is 50.2 Å². The largest absolute Gasteiger partial charge is 0.468 e. The molecule has 0 aromatic carbocycles. The quantitative estimate of drug-likeness (QED) is 0.772. The van der Waals surface area contributed by atoms with E-state index >= 15 is 0 Å². The van der Waals surface area contributed by atoms with Crippen LogP contribution >= 0.6 is 0 Å². The zero-order valence-electron chi connectivity index (χ0n) is 13.3. The molecule has 1 saturated carbocycles. The van der Waals surface area contributed by atoms with Gasteiger partial charge in [-0.2, -0.15) is 0 Å². The van der Waals surface area contributed by atoms with Gasteiger partial charge in [0, 0.05) is 18.6 Å². The maximum absolute atomic E-state index is 12.1. The average molecular weight is 283 g/mol. The second-order valence-electron chi connectivity index (χ2n) is 6.42. The molecule has 1 aliphatic carbocycles. The fraction of sp³-hybridized carbons (Fsp3) is 0.933. The third-order valence-corrected chi connectivity index (χ3v) is 5.11. The molecule has 2 rings (SSSR count). The minimum Gasteiger partial charge on any atom is -0.468 e. The Morgan fingerprint density at radius 1 is 1.40 bits per heavy atom. The van der Waals surface area contributed by atoms with Crippen LogP contribution in [0.4, 0.5) is 0 Å². The second kappa shape index (κ2) is 6.41. The zero-order valence-corrected chi connectivity index (χ0v) is 13.3. The topological polar surface area (TPSA) is 44.8 Å². The summed E-state index contributed by atoms with van der Waals surface area (Å²) in [6, 6.07) is 1.04. The van der Waals surface area contributed by atoms with Gasteiger partial charge >= 0.3 is 5.97 Å².